The lowest BCUT2D eigenvalue weighted by Gasteiger charge is -2.35. The molecule has 0 atom stereocenters. The highest BCUT2D eigenvalue weighted by Gasteiger charge is 2.20. The fraction of sp³-hybridized carbons (Fsp3) is 0.647. The first-order chi connectivity index (χ1) is 9.72. The van der Waals surface area contributed by atoms with Crippen LogP contribution in [0.4, 0.5) is 5.69 Å². The van der Waals surface area contributed by atoms with Gasteiger partial charge in [0.05, 0.1) is 0 Å². The van der Waals surface area contributed by atoms with Crippen molar-refractivity contribution >= 4 is 5.69 Å². The minimum atomic E-state index is 0.781. The zero-order valence-corrected chi connectivity index (χ0v) is 12.9. The Labute approximate surface area is 123 Å². The molecule has 0 saturated carbocycles. The molecule has 1 N–H and O–H groups in total. The summed E-state index contributed by atoms with van der Waals surface area (Å²) < 4.78 is 0. The molecule has 110 valence electrons. The van der Waals surface area contributed by atoms with Crippen LogP contribution in [0.2, 0.25) is 0 Å². The molecule has 2 aliphatic heterocycles. The summed E-state index contributed by atoms with van der Waals surface area (Å²) in [6.07, 6.45) is 1.19. The minimum Gasteiger partial charge on any atom is -0.384 e. The maximum Gasteiger partial charge on any atom is 0.0419 e. The number of nitrogens with zero attached hydrogens (tertiary/aromatic N) is 2. The van der Waals surface area contributed by atoms with Crippen molar-refractivity contribution in [1.29, 1.82) is 0 Å². The van der Waals surface area contributed by atoms with Crippen molar-refractivity contribution in [3.05, 3.63) is 29.3 Å². The van der Waals surface area contributed by atoms with Gasteiger partial charge in [-0.2, -0.15) is 0 Å². The topological polar surface area (TPSA) is 18.5 Å². The normalized spacial score (nSPS) is 20.1. The highest BCUT2D eigenvalue weighted by molar-refractivity contribution is 5.61. The molecule has 0 aromatic heterocycles. The fourth-order valence-corrected chi connectivity index (χ4v) is 3.43. The Morgan fingerprint density at radius 2 is 1.85 bits per heavy atom. The number of nitrogens with one attached hydrogen (secondary N) is 1. The van der Waals surface area contributed by atoms with E-state index in [1.54, 1.807) is 0 Å². The van der Waals surface area contributed by atoms with Crippen molar-refractivity contribution < 1.29 is 0 Å². The highest BCUT2D eigenvalue weighted by atomic mass is 15.3. The van der Waals surface area contributed by atoms with E-state index in [0.717, 1.165) is 19.0 Å². The van der Waals surface area contributed by atoms with Gasteiger partial charge in [0, 0.05) is 51.5 Å². The van der Waals surface area contributed by atoms with E-state index in [-0.39, 0.29) is 0 Å². The molecule has 0 radical (unpaired) electrons. The first-order valence-corrected chi connectivity index (χ1v) is 8.01. The molecule has 2 aliphatic rings. The number of fused-ring (bicyclic) bond motifs is 1. The molecule has 3 rings (SSSR count). The van der Waals surface area contributed by atoms with Gasteiger partial charge in [-0.25, -0.2) is 0 Å². The summed E-state index contributed by atoms with van der Waals surface area (Å²) in [5.74, 6) is 0.781. The first-order valence-electron chi connectivity index (χ1n) is 8.01. The van der Waals surface area contributed by atoms with Gasteiger partial charge in [-0.1, -0.05) is 32.0 Å². The zero-order valence-electron chi connectivity index (χ0n) is 12.9. The third-order valence-electron chi connectivity index (χ3n) is 4.42. The standard InChI is InChI=1S/C17H27N3/c1-14(2)12-19-8-10-20(11-9-19)13-16-5-3-4-15-6-7-18-17(15)16/h3-5,14,18H,6-13H2,1-2H3. The number of hydrogen-bond acceptors (Lipinski definition) is 3. The molecule has 2 heterocycles. The van der Waals surface area contributed by atoms with E-state index in [9.17, 15) is 0 Å². The molecular weight excluding hydrogens is 246 g/mol. The van der Waals surface area contributed by atoms with Crippen LogP contribution in [0, 0.1) is 5.92 Å². The van der Waals surface area contributed by atoms with Crippen LogP contribution in [0.1, 0.15) is 25.0 Å². The molecule has 3 heteroatoms. The molecule has 0 spiro atoms. The molecule has 20 heavy (non-hydrogen) atoms. The van der Waals surface area contributed by atoms with Crippen LogP contribution in [0.3, 0.4) is 0 Å². The van der Waals surface area contributed by atoms with E-state index in [4.69, 9.17) is 0 Å². The van der Waals surface area contributed by atoms with Gasteiger partial charge in [-0.05, 0) is 23.5 Å². The van der Waals surface area contributed by atoms with Crippen molar-refractivity contribution in [1.82, 2.24) is 9.80 Å². The SMILES string of the molecule is CC(C)CN1CCN(Cc2cccc3c2NCC3)CC1. The Bertz CT molecular complexity index is 448. The third-order valence-corrected chi connectivity index (χ3v) is 4.42. The Hall–Kier alpha value is -1.06. The number of rotatable bonds is 4. The lowest BCUT2D eigenvalue weighted by atomic mass is 10.1. The van der Waals surface area contributed by atoms with Gasteiger partial charge in [-0.15, -0.1) is 0 Å². The number of para-hydroxylation sites is 1. The van der Waals surface area contributed by atoms with Gasteiger partial charge in [-0.3, -0.25) is 4.90 Å². The molecule has 0 bridgehead atoms. The monoisotopic (exact) mass is 273 g/mol. The van der Waals surface area contributed by atoms with Crippen LogP contribution < -0.4 is 5.32 Å². The third kappa shape index (κ3) is 3.15. The van der Waals surface area contributed by atoms with Crippen molar-refractivity contribution in [3.63, 3.8) is 0 Å². The summed E-state index contributed by atoms with van der Waals surface area (Å²) in [4.78, 5) is 5.21. The lowest BCUT2D eigenvalue weighted by Crippen LogP contribution is -2.46. The van der Waals surface area contributed by atoms with E-state index in [1.165, 1.54) is 56.0 Å². The molecule has 1 saturated heterocycles. The summed E-state index contributed by atoms with van der Waals surface area (Å²) in [5.41, 5.74) is 4.40. The van der Waals surface area contributed by atoms with Gasteiger partial charge in [0.25, 0.3) is 0 Å². The van der Waals surface area contributed by atoms with Crippen LogP contribution in [0.15, 0.2) is 18.2 Å². The average molecular weight is 273 g/mol. The molecule has 3 nitrogen and oxygen atoms in total. The largest absolute Gasteiger partial charge is 0.384 e. The van der Waals surface area contributed by atoms with E-state index >= 15 is 0 Å². The van der Waals surface area contributed by atoms with Gasteiger partial charge in [0.1, 0.15) is 0 Å². The quantitative estimate of drug-likeness (QED) is 0.909. The van der Waals surface area contributed by atoms with Crippen molar-refractivity contribution in [2.45, 2.75) is 26.8 Å². The van der Waals surface area contributed by atoms with Crippen molar-refractivity contribution in [3.8, 4) is 0 Å². The predicted octanol–water partition coefficient (Wildman–Crippen LogP) is 2.43. The Kier molecular flexibility index (Phi) is 4.27. The molecule has 1 aromatic carbocycles. The van der Waals surface area contributed by atoms with Crippen molar-refractivity contribution in [2.24, 2.45) is 5.92 Å². The van der Waals surface area contributed by atoms with Crippen LogP contribution in [-0.2, 0) is 13.0 Å². The average Bonchev–Trinajstić information content (AvgIpc) is 2.90. The molecule has 1 fully saturated rings. The van der Waals surface area contributed by atoms with Gasteiger partial charge >= 0.3 is 0 Å². The second-order valence-corrected chi connectivity index (χ2v) is 6.60. The van der Waals surface area contributed by atoms with Gasteiger partial charge < -0.3 is 10.2 Å². The van der Waals surface area contributed by atoms with E-state index in [0.29, 0.717) is 0 Å². The summed E-state index contributed by atoms with van der Waals surface area (Å²) >= 11 is 0. The fourth-order valence-electron chi connectivity index (χ4n) is 3.43. The number of piperazine rings is 1. The van der Waals surface area contributed by atoms with Crippen LogP contribution in [-0.4, -0.2) is 49.1 Å². The Morgan fingerprint density at radius 1 is 1.10 bits per heavy atom. The second-order valence-electron chi connectivity index (χ2n) is 6.60. The predicted molar refractivity (Wildman–Crippen MR) is 85.2 cm³/mol. The Morgan fingerprint density at radius 3 is 2.60 bits per heavy atom. The highest BCUT2D eigenvalue weighted by Crippen LogP contribution is 2.27. The second kappa shape index (κ2) is 6.15. The summed E-state index contributed by atoms with van der Waals surface area (Å²) in [5, 5.41) is 3.56. The van der Waals surface area contributed by atoms with E-state index < -0.39 is 0 Å². The summed E-state index contributed by atoms with van der Waals surface area (Å²) in [6.45, 7) is 12.9. The minimum absolute atomic E-state index is 0.781. The maximum absolute atomic E-state index is 3.56. The molecular formula is C17H27N3. The smallest absolute Gasteiger partial charge is 0.0419 e. The Balaban J connectivity index is 1.56. The number of benzene rings is 1. The van der Waals surface area contributed by atoms with Gasteiger partial charge in [0.2, 0.25) is 0 Å². The van der Waals surface area contributed by atoms with Crippen LogP contribution in [0.5, 0.6) is 0 Å². The molecule has 0 amide bonds. The molecule has 1 aromatic rings. The lowest BCUT2D eigenvalue weighted by molar-refractivity contribution is 0.117. The number of anilines is 1. The van der Waals surface area contributed by atoms with E-state index in [1.807, 2.05) is 0 Å². The molecule has 0 unspecified atom stereocenters. The van der Waals surface area contributed by atoms with Crippen molar-refractivity contribution in [2.75, 3.05) is 44.6 Å². The summed E-state index contributed by atoms with van der Waals surface area (Å²) in [7, 11) is 0. The first kappa shape index (κ1) is 13.9. The van der Waals surface area contributed by atoms with Crippen LogP contribution in [0.25, 0.3) is 0 Å². The maximum atomic E-state index is 3.56. The van der Waals surface area contributed by atoms with Gasteiger partial charge in [0.15, 0.2) is 0 Å². The molecule has 0 aliphatic carbocycles. The zero-order chi connectivity index (χ0) is 13.9. The van der Waals surface area contributed by atoms with Crippen LogP contribution >= 0.6 is 0 Å². The van der Waals surface area contributed by atoms with E-state index in [2.05, 4.69) is 47.2 Å². The summed E-state index contributed by atoms with van der Waals surface area (Å²) in [6, 6.07) is 6.77. The number of hydrogen-bond donors (Lipinski definition) is 1.